The molecule has 5 rings (SSSR count). The Morgan fingerprint density at radius 2 is 1.66 bits per heavy atom. The average Bonchev–Trinajstić information content (AvgIpc) is 3.23. The van der Waals surface area contributed by atoms with Gasteiger partial charge in [0.2, 0.25) is 11.7 Å². The molecule has 5 aromatic rings. The molecule has 158 valence electrons. The normalized spacial score (nSPS) is 11.2. The number of anilines is 1. The molecule has 0 atom stereocenters. The van der Waals surface area contributed by atoms with Gasteiger partial charge < -0.3 is 5.32 Å². The van der Waals surface area contributed by atoms with Crippen molar-refractivity contribution in [2.45, 2.75) is 12.1 Å². The third-order valence-electron chi connectivity index (χ3n) is 5.14. The summed E-state index contributed by atoms with van der Waals surface area (Å²) in [6.07, 6.45) is 0. The molecule has 1 amide bonds. The quantitative estimate of drug-likeness (QED) is 0.416. The Labute approximate surface area is 187 Å². The summed E-state index contributed by atoms with van der Waals surface area (Å²) in [5.41, 5.74) is 2.98. The van der Waals surface area contributed by atoms with E-state index in [9.17, 15) is 9.59 Å². The summed E-state index contributed by atoms with van der Waals surface area (Å²) in [6.45, 7) is 1.95. The highest BCUT2D eigenvalue weighted by atomic mass is 32.2. The van der Waals surface area contributed by atoms with E-state index in [1.165, 1.54) is 11.8 Å². The molecule has 0 aliphatic heterocycles. The number of hydrogen-bond acceptors (Lipinski definition) is 5. The summed E-state index contributed by atoms with van der Waals surface area (Å²) in [4.78, 5) is 25.8. The maximum absolute atomic E-state index is 13.4. The van der Waals surface area contributed by atoms with E-state index in [0.29, 0.717) is 21.8 Å². The van der Waals surface area contributed by atoms with Gasteiger partial charge in [-0.05, 0) is 42.8 Å². The number of aromatic nitrogens is 4. The second-order valence-electron chi connectivity index (χ2n) is 7.27. The summed E-state index contributed by atoms with van der Waals surface area (Å²) in [6, 6.07) is 24.3. The molecule has 2 aromatic heterocycles. The van der Waals surface area contributed by atoms with Crippen LogP contribution in [0.3, 0.4) is 0 Å². The molecule has 0 saturated carbocycles. The van der Waals surface area contributed by atoms with Crippen molar-refractivity contribution in [1.82, 2.24) is 19.2 Å². The first-order chi connectivity index (χ1) is 15.6. The van der Waals surface area contributed by atoms with Crippen LogP contribution in [0.1, 0.15) is 5.56 Å². The van der Waals surface area contributed by atoms with Gasteiger partial charge in [-0.15, -0.1) is 10.2 Å². The van der Waals surface area contributed by atoms with E-state index in [1.54, 1.807) is 10.6 Å². The van der Waals surface area contributed by atoms with Crippen molar-refractivity contribution in [3.63, 3.8) is 0 Å². The Balaban J connectivity index is 1.59. The van der Waals surface area contributed by atoms with Gasteiger partial charge in [-0.2, -0.15) is 0 Å². The smallest absolute Gasteiger partial charge is 0.267 e. The maximum atomic E-state index is 13.4. The molecule has 1 N–H and O–H groups in total. The van der Waals surface area contributed by atoms with Gasteiger partial charge in [0.05, 0.1) is 22.3 Å². The Morgan fingerprint density at radius 3 is 2.47 bits per heavy atom. The Morgan fingerprint density at radius 1 is 0.938 bits per heavy atom. The number of carbonyl (C=O) groups is 1. The topological polar surface area (TPSA) is 81.3 Å². The number of para-hydroxylation sites is 3. The Bertz CT molecular complexity index is 1510. The SMILES string of the molecule is Cc1ccccc1-n1c(=O)c2ccccc2n2c(SCC(=O)Nc3ccccc3)nnc12. The standard InChI is InChI=1S/C24H19N5O2S/c1-16-9-5-7-13-19(16)28-22(31)18-12-6-8-14-20(18)29-23(28)26-27-24(29)32-15-21(30)25-17-10-3-2-4-11-17/h2-14H,15H2,1H3,(H,25,30). The van der Waals surface area contributed by atoms with E-state index >= 15 is 0 Å². The number of thioether (sulfide) groups is 1. The zero-order valence-electron chi connectivity index (χ0n) is 17.2. The van der Waals surface area contributed by atoms with Crippen LogP contribution in [0.4, 0.5) is 5.69 Å². The van der Waals surface area contributed by atoms with Gasteiger partial charge in [0.1, 0.15) is 0 Å². The minimum atomic E-state index is -0.159. The molecular weight excluding hydrogens is 422 g/mol. The van der Waals surface area contributed by atoms with Crippen molar-refractivity contribution in [2.75, 3.05) is 11.1 Å². The van der Waals surface area contributed by atoms with Crippen LogP contribution in [0.5, 0.6) is 0 Å². The molecular formula is C24H19N5O2S. The number of benzene rings is 3. The fraction of sp³-hybridized carbons (Fsp3) is 0.0833. The average molecular weight is 442 g/mol. The predicted molar refractivity (Wildman–Crippen MR) is 127 cm³/mol. The lowest BCUT2D eigenvalue weighted by Gasteiger charge is -2.13. The number of rotatable bonds is 5. The van der Waals surface area contributed by atoms with Gasteiger partial charge >= 0.3 is 0 Å². The molecule has 3 aromatic carbocycles. The summed E-state index contributed by atoms with van der Waals surface area (Å²) >= 11 is 1.27. The molecule has 32 heavy (non-hydrogen) atoms. The van der Waals surface area contributed by atoms with Gasteiger partial charge in [-0.1, -0.05) is 60.3 Å². The second kappa shape index (κ2) is 8.32. The summed E-state index contributed by atoms with van der Waals surface area (Å²) in [7, 11) is 0. The first-order valence-electron chi connectivity index (χ1n) is 10.1. The molecule has 7 nitrogen and oxygen atoms in total. The van der Waals surface area contributed by atoms with Gasteiger partial charge in [-0.3, -0.25) is 14.0 Å². The molecule has 2 heterocycles. The lowest BCUT2D eigenvalue weighted by atomic mass is 10.2. The molecule has 0 saturated heterocycles. The maximum Gasteiger partial charge on any atom is 0.267 e. The van der Waals surface area contributed by atoms with E-state index < -0.39 is 0 Å². The van der Waals surface area contributed by atoms with Crippen molar-refractivity contribution >= 4 is 40.0 Å². The number of carbonyl (C=O) groups excluding carboxylic acids is 1. The highest BCUT2D eigenvalue weighted by Crippen LogP contribution is 2.24. The molecule has 0 fully saturated rings. The minimum absolute atomic E-state index is 0.144. The minimum Gasteiger partial charge on any atom is -0.325 e. The number of hydrogen-bond donors (Lipinski definition) is 1. The third kappa shape index (κ3) is 3.54. The lowest BCUT2D eigenvalue weighted by Crippen LogP contribution is -2.22. The summed E-state index contributed by atoms with van der Waals surface area (Å²) in [5, 5.41) is 12.6. The van der Waals surface area contributed by atoms with Crippen LogP contribution < -0.4 is 10.9 Å². The predicted octanol–water partition coefficient (Wildman–Crippen LogP) is 4.07. The number of amides is 1. The van der Waals surface area contributed by atoms with Crippen LogP contribution in [-0.4, -0.2) is 30.8 Å². The van der Waals surface area contributed by atoms with Gasteiger partial charge in [0.25, 0.3) is 5.56 Å². The second-order valence-corrected chi connectivity index (χ2v) is 8.21. The summed E-state index contributed by atoms with van der Waals surface area (Å²) < 4.78 is 3.42. The molecule has 0 spiro atoms. The van der Waals surface area contributed by atoms with Crippen LogP contribution in [-0.2, 0) is 4.79 Å². The highest BCUT2D eigenvalue weighted by Gasteiger charge is 2.19. The third-order valence-corrected chi connectivity index (χ3v) is 6.07. The Kier molecular flexibility index (Phi) is 5.20. The molecule has 0 aliphatic rings. The first-order valence-corrected chi connectivity index (χ1v) is 11.0. The van der Waals surface area contributed by atoms with Crippen LogP contribution in [0.2, 0.25) is 0 Å². The van der Waals surface area contributed by atoms with Crippen LogP contribution in [0, 0.1) is 6.92 Å². The van der Waals surface area contributed by atoms with E-state index in [-0.39, 0.29) is 17.2 Å². The fourth-order valence-corrected chi connectivity index (χ4v) is 4.39. The van der Waals surface area contributed by atoms with Crippen molar-refractivity contribution in [3.05, 3.63) is 94.8 Å². The zero-order chi connectivity index (χ0) is 22.1. The highest BCUT2D eigenvalue weighted by molar-refractivity contribution is 7.99. The number of nitrogens with one attached hydrogen (secondary N) is 1. The first kappa shape index (κ1) is 20.0. The largest absolute Gasteiger partial charge is 0.325 e. The van der Waals surface area contributed by atoms with Gasteiger partial charge in [0.15, 0.2) is 5.16 Å². The molecule has 0 unspecified atom stereocenters. The van der Waals surface area contributed by atoms with Crippen LogP contribution >= 0.6 is 11.8 Å². The van der Waals surface area contributed by atoms with Gasteiger partial charge in [0, 0.05) is 5.69 Å². The van der Waals surface area contributed by atoms with E-state index in [2.05, 4.69) is 15.5 Å². The van der Waals surface area contributed by atoms with Gasteiger partial charge in [-0.25, -0.2) is 4.57 Å². The monoisotopic (exact) mass is 441 g/mol. The number of fused-ring (bicyclic) bond motifs is 3. The molecule has 0 bridgehead atoms. The number of nitrogens with zero attached hydrogens (tertiary/aromatic N) is 4. The lowest BCUT2D eigenvalue weighted by molar-refractivity contribution is -0.113. The van der Waals surface area contributed by atoms with E-state index in [0.717, 1.165) is 16.9 Å². The van der Waals surface area contributed by atoms with Crippen molar-refractivity contribution < 1.29 is 4.79 Å². The molecule has 8 heteroatoms. The fourth-order valence-electron chi connectivity index (χ4n) is 3.65. The van der Waals surface area contributed by atoms with Crippen molar-refractivity contribution in [2.24, 2.45) is 0 Å². The van der Waals surface area contributed by atoms with Crippen LogP contribution in [0.15, 0.2) is 88.8 Å². The van der Waals surface area contributed by atoms with Crippen molar-refractivity contribution in [3.8, 4) is 5.69 Å². The molecule has 0 radical (unpaired) electrons. The summed E-state index contributed by atoms with van der Waals surface area (Å²) in [5.74, 6) is 0.427. The van der Waals surface area contributed by atoms with E-state index in [4.69, 9.17) is 0 Å². The van der Waals surface area contributed by atoms with Crippen molar-refractivity contribution in [1.29, 1.82) is 0 Å². The Hall–Kier alpha value is -3.91. The zero-order valence-corrected chi connectivity index (χ0v) is 18.0. The van der Waals surface area contributed by atoms with E-state index in [1.807, 2.05) is 84.1 Å². The molecule has 0 aliphatic carbocycles. The number of aryl methyl sites for hydroxylation is 1. The van der Waals surface area contributed by atoms with Crippen LogP contribution in [0.25, 0.3) is 22.4 Å².